The maximum Gasteiger partial charge on any atom is 0.0471 e. The smallest absolute Gasteiger partial charge is 0.0471 e. The standard InChI is InChI=1S/C10H19NO/c1-10(2)5-9(10)11-4-3-8(6-11)7-12/h8-9,12H,3-7H2,1-2H3. The molecule has 1 saturated carbocycles. The molecule has 12 heavy (non-hydrogen) atoms. The van der Waals surface area contributed by atoms with Gasteiger partial charge in [0.1, 0.15) is 0 Å². The number of nitrogens with zero attached hydrogens (tertiary/aromatic N) is 1. The number of aliphatic hydroxyl groups is 1. The number of hydrogen-bond donors (Lipinski definition) is 1. The third kappa shape index (κ3) is 1.38. The average Bonchev–Trinajstić information content (AvgIpc) is 2.52. The molecule has 2 nitrogen and oxygen atoms in total. The molecular weight excluding hydrogens is 150 g/mol. The third-order valence-electron chi connectivity index (χ3n) is 3.48. The van der Waals surface area contributed by atoms with E-state index in [1.165, 1.54) is 19.4 Å². The number of rotatable bonds is 2. The normalized spacial score (nSPS) is 40.2. The van der Waals surface area contributed by atoms with Crippen molar-refractivity contribution in [1.82, 2.24) is 4.90 Å². The first-order chi connectivity index (χ1) is 5.63. The molecule has 0 aromatic heterocycles. The predicted molar refractivity (Wildman–Crippen MR) is 49.0 cm³/mol. The SMILES string of the molecule is CC1(C)CC1N1CCC(CO)C1. The van der Waals surface area contributed by atoms with Gasteiger partial charge in [-0.2, -0.15) is 0 Å². The van der Waals surface area contributed by atoms with Crippen molar-refractivity contribution in [2.75, 3.05) is 19.7 Å². The lowest BCUT2D eigenvalue weighted by Crippen LogP contribution is -2.26. The van der Waals surface area contributed by atoms with Gasteiger partial charge in [-0.1, -0.05) is 13.8 Å². The topological polar surface area (TPSA) is 23.5 Å². The van der Waals surface area contributed by atoms with Gasteiger partial charge < -0.3 is 5.11 Å². The lowest BCUT2D eigenvalue weighted by atomic mass is 10.1. The molecule has 0 radical (unpaired) electrons. The summed E-state index contributed by atoms with van der Waals surface area (Å²) in [7, 11) is 0. The zero-order chi connectivity index (χ0) is 8.77. The Kier molecular flexibility index (Phi) is 1.92. The molecule has 2 aliphatic rings. The van der Waals surface area contributed by atoms with Crippen LogP contribution >= 0.6 is 0 Å². The number of likely N-dealkylation sites (tertiary alicyclic amines) is 1. The van der Waals surface area contributed by atoms with Crippen LogP contribution in [0.15, 0.2) is 0 Å². The first kappa shape index (κ1) is 8.52. The van der Waals surface area contributed by atoms with Crippen LogP contribution in [0.2, 0.25) is 0 Å². The van der Waals surface area contributed by atoms with Crippen LogP contribution < -0.4 is 0 Å². The van der Waals surface area contributed by atoms with Crippen molar-refractivity contribution in [2.45, 2.75) is 32.7 Å². The summed E-state index contributed by atoms with van der Waals surface area (Å²) in [6.45, 7) is 7.39. The van der Waals surface area contributed by atoms with Crippen LogP contribution in [0.3, 0.4) is 0 Å². The molecule has 2 fully saturated rings. The summed E-state index contributed by atoms with van der Waals surface area (Å²) in [6.07, 6.45) is 2.55. The second kappa shape index (κ2) is 2.71. The van der Waals surface area contributed by atoms with Gasteiger partial charge in [-0.25, -0.2) is 0 Å². The Labute approximate surface area is 74.6 Å². The highest BCUT2D eigenvalue weighted by Crippen LogP contribution is 2.49. The van der Waals surface area contributed by atoms with Gasteiger partial charge in [0.05, 0.1) is 0 Å². The van der Waals surface area contributed by atoms with Crippen molar-refractivity contribution in [3.63, 3.8) is 0 Å². The van der Waals surface area contributed by atoms with Gasteiger partial charge in [0.25, 0.3) is 0 Å². The third-order valence-corrected chi connectivity index (χ3v) is 3.48. The molecule has 2 unspecified atom stereocenters. The van der Waals surface area contributed by atoms with Gasteiger partial charge in [-0.3, -0.25) is 4.90 Å². The van der Waals surface area contributed by atoms with Crippen LogP contribution in [0, 0.1) is 11.3 Å². The molecule has 1 heterocycles. The fourth-order valence-corrected chi connectivity index (χ4v) is 2.36. The lowest BCUT2D eigenvalue weighted by molar-refractivity contribution is 0.213. The Bertz CT molecular complexity index is 179. The molecule has 0 bridgehead atoms. The van der Waals surface area contributed by atoms with E-state index in [1.54, 1.807) is 0 Å². The molecule has 0 aromatic rings. The van der Waals surface area contributed by atoms with Crippen molar-refractivity contribution >= 4 is 0 Å². The van der Waals surface area contributed by atoms with Crippen LogP contribution in [-0.4, -0.2) is 35.7 Å². The first-order valence-corrected chi connectivity index (χ1v) is 4.98. The molecular formula is C10H19NO. The summed E-state index contributed by atoms with van der Waals surface area (Å²) in [4.78, 5) is 2.56. The van der Waals surface area contributed by atoms with E-state index in [4.69, 9.17) is 5.11 Å². The van der Waals surface area contributed by atoms with Crippen molar-refractivity contribution in [3.05, 3.63) is 0 Å². The van der Waals surface area contributed by atoms with Crippen LogP contribution in [0.25, 0.3) is 0 Å². The van der Waals surface area contributed by atoms with Gasteiger partial charge in [0, 0.05) is 19.2 Å². The predicted octanol–water partition coefficient (Wildman–Crippen LogP) is 1.10. The van der Waals surface area contributed by atoms with Crippen molar-refractivity contribution in [1.29, 1.82) is 0 Å². The molecule has 70 valence electrons. The fourth-order valence-electron chi connectivity index (χ4n) is 2.36. The monoisotopic (exact) mass is 169 g/mol. The van der Waals surface area contributed by atoms with E-state index in [-0.39, 0.29) is 0 Å². The Morgan fingerprint density at radius 1 is 1.50 bits per heavy atom. The molecule has 1 aliphatic heterocycles. The molecule has 2 heteroatoms. The molecule has 0 amide bonds. The number of aliphatic hydroxyl groups excluding tert-OH is 1. The molecule has 2 rings (SSSR count). The van der Waals surface area contributed by atoms with Gasteiger partial charge in [-0.15, -0.1) is 0 Å². The van der Waals surface area contributed by atoms with E-state index < -0.39 is 0 Å². The second-order valence-electron chi connectivity index (χ2n) is 5.04. The minimum atomic E-state index is 0.379. The van der Waals surface area contributed by atoms with Crippen molar-refractivity contribution < 1.29 is 5.11 Å². The van der Waals surface area contributed by atoms with E-state index in [0.29, 0.717) is 17.9 Å². The fraction of sp³-hybridized carbons (Fsp3) is 1.00. The summed E-state index contributed by atoms with van der Waals surface area (Å²) < 4.78 is 0. The quantitative estimate of drug-likeness (QED) is 0.669. The maximum absolute atomic E-state index is 8.99. The summed E-state index contributed by atoms with van der Waals surface area (Å²) in [5.41, 5.74) is 0.560. The molecule has 0 aromatic carbocycles. The molecule has 1 N–H and O–H groups in total. The van der Waals surface area contributed by atoms with E-state index >= 15 is 0 Å². The van der Waals surface area contributed by atoms with Gasteiger partial charge in [-0.05, 0) is 30.7 Å². The average molecular weight is 169 g/mol. The summed E-state index contributed by atoms with van der Waals surface area (Å²) >= 11 is 0. The van der Waals surface area contributed by atoms with Crippen LogP contribution in [-0.2, 0) is 0 Å². The Morgan fingerprint density at radius 3 is 2.58 bits per heavy atom. The minimum absolute atomic E-state index is 0.379. The molecule has 1 saturated heterocycles. The Hall–Kier alpha value is -0.0800. The van der Waals surface area contributed by atoms with E-state index in [0.717, 1.165) is 12.6 Å². The maximum atomic E-state index is 8.99. The Balaban J connectivity index is 1.85. The summed E-state index contributed by atoms with van der Waals surface area (Å²) in [6, 6.07) is 0.814. The van der Waals surface area contributed by atoms with Gasteiger partial charge in [0.15, 0.2) is 0 Å². The highest BCUT2D eigenvalue weighted by molar-refractivity contribution is 5.04. The van der Waals surface area contributed by atoms with E-state index in [2.05, 4.69) is 18.7 Å². The largest absolute Gasteiger partial charge is 0.396 e. The minimum Gasteiger partial charge on any atom is -0.396 e. The lowest BCUT2D eigenvalue weighted by Gasteiger charge is -2.17. The zero-order valence-electron chi connectivity index (χ0n) is 8.08. The van der Waals surface area contributed by atoms with Gasteiger partial charge in [0.2, 0.25) is 0 Å². The van der Waals surface area contributed by atoms with Crippen LogP contribution in [0.1, 0.15) is 26.7 Å². The number of hydrogen-bond acceptors (Lipinski definition) is 2. The highest BCUT2D eigenvalue weighted by Gasteiger charge is 2.50. The first-order valence-electron chi connectivity index (χ1n) is 4.98. The summed E-state index contributed by atoms with van der Waals surface area (Å²) in [5.74, 6) is 0.557. The molecule has 0 spiro atoms. The highest BCUT2D eigenvalue weighted by atomic mass is 16.3. The van der Waals surface area contributed by atoms with Gasteiger partial charge >= 0.3 is 0 Å². The molecule has 1 aliphatic carbocycles. The second-order valence-corrected chi connectivity index (χ2v) is 5.04. The summed E-state index contributed by atoms with van der Waals surface area (Å²) in [5, 5.41) is 8.99. The van der Waals surface area contributed by atoms with Crippen LogP contribution in [0.5, 0.6) is 0 Å². The van der Waals surface area contributed by atoms with Crippen molar-refractivity contribution in [2.24, 2.45) is 11.3 Å². The van der Waals surface area contributed by atoms with Crippen LogP contribution in [0.4, 0.5) is 0 Å². The van der Waals surface area contributed by atoms with Crippen molar-refractivity contribution in [3.8, 4) is 0 Å². The zero-order valence-corrected chi connectivity index (χ0v) is 8.08. The van der Waals surface area contributed by atoms with E-state index in [9.17, 15) is 0 Å². The molecule has 2 atom stereocenters. The Morgan fingerprint density at radius 2 is 2.17 bits per heavy atom. The van der Waals surface area contributed by atoms with E-state index in [1.807, 2.05) is 0 Å².